The average Bonchev–Trinajstić information content (AvgIpc) is 3.01. The molecule has 2 rings (SSSR count). The van der Waals surface area contributed by atoms with Gasteiger partial charge in [0.25, 0.3) is 0 Å². The smallest absolute Gasteiger partial charge is 0.224 e. The molecule has 102 valence electrons. The number of aromatic nitrogens is 2. The summed E-state index contributed by atoms with van der Waals surface area (Å²) >= 11 is 1.73. The first-order valence-corrected chi connectivity index (χ1v) is 7.33. The predicted molar refractivity (Wildman–Crippen MR) is 77.0 cm³/mol. The quantitative estimate of drug-likeness (QED) is 0.881. The lowest BCUT2D eigenvalue weighted by atomic mass is 10.1. The van der Waals surface area contributed by atoms with Gasteiger partial charge in [-0.05, 0) is 24.4 Å². The first-order valence-electron chi connectivity index (χ1n) is 6.45. The van der Waals surface area contributed by atoms with E-state index in [1.54, 1.807) is 22.2 Å². The second kappa shape index (κ2) is 6.52. The van der Waals surface area contributed by atoms with Crippen LogP contribution in [0, 0.1) is 5.92 Å². The van der Waals surface area contributed by atoms with Crippen molar-refractivity contribution in [2.24, 2.45) is 5.92 Å². The van der Waals surface area contributed by atoms with Gasteiger partial charge in [0.2, 0.25) is 5.91 Å². The Labute approximate surface area is 117 Å². The lowest BCUT2D eigenvalue weighted by Gasteiger charge is -2.17. The van der Waals surface area contributed by atoms with Crippen LogP contribution < -0.4 is 5.32 Å². The van der Waals surface area contributed by atoms with E-state index in [2.05, 4.69) is 21.9 Å². The van der Waals surface area contributed by atoms with Gasteiger partial charge >= 0.3 is 0 Å². The van der Waals surface area contributed by atoms with Crippen LogP contribution in [0.5, 0.6) is 0 Å². The molecular weight excluding hydrogens is 258 g/mol. The van der Waals surface area contributed by atoms with E-state index in [0.717, 1.165) is 6.42 Å². The van der Waals surface area contributed by atoms with Crippen LogP contribution in [0.15, 0.2) is 36.0 Å². The summed E-state index contributed by atoms with van der Waals surface area (Å²) in [5.74, 6) is 0.00485. The molecule has 0 aliphatic carbocycles. The lowest BCUT2D eigenvalue weighted by Crippen LogP contribution is -2.38. The molecule has 2 aromatic heterocycles. The van der Waals surface area contributed by atoms with E-state index in [4.69, 9.17) is 0 Å². The van der Waals surface area contributed by atoms with Crippen molar-refractivity contribution in [3.63, 3.8) is 0 Å². The summed E-state index contributed by atoms with van der Waals surface area (Å²) in [5, 5.41) is 9.23. The van der Waals surface area contributed by atoms with E-state index >= 15 is 0 Å². The molecule has 0 aliphatic heterocycles. The number of amides is 1. The van der Waals surface area contributed by atoms with Gasteiger partial charge in [0.05, 0.1) is 12.5 Å². The summed E-state index contributed by atoms with van der Waals surface area (Å²) in [6, 6.07) is 6.16. The minimum Gasteiger partial charge on any atom is -0.353 e. The van der Waals surface area contributed by atoms with Crippen LogP contribution in [0.1, 0.15) is 18.7 Å². The Morgan fingerprint density at radius 2 is 2.32 bits per heavy atom. The van der Waals surface area contributed by atoms with E-state index in [1.807, 2.05) is 32.2 Å². The molecule has 1 N–H and O–H groups in total. The molecule has 2 heterocycles. The van der Waals surface area contributed by atoms with Crippen molar-refractivity contribution in [2.75, 3.05) is 0 Å². The zero-order valence-corrected chi connectivity index (χ0v) is 12.1. The van der Waals surface area contributed by atoms with Gasteiger partial charge in [-0.2, -0.15) is 5.10 Å². The van der Waals surface area contributed by atoms with Crippen molar-refractivity contribution < 1.29 is 4.79 Å². The minimum atomic E-state index is -0.0781. The molecule has 2 atom stereocenters. The van der Waals surface area contributed by atoms with E-state index in [9.17, 15) is 4.79 Å². The molecule has 1 amide bonds. The monoisotopic (exact) mass is 277 g/mol. The topological polar surface area (TPSA) is 46.9 Å². The van der Waals surface area contributed by atoms with Crippen LogP contribution in [0.2, 0.25) is 0 Å². The number of hydrogen-bond acceptors (Lipinski definition) is 3. The summed E-state index contributed by atoms with van der Waals surface area (Å²) in [6.07, 6.45) is 4.49. The van der Waals surface area contributed by atoms with Gasteiger partial charge in [0.15, 0.2) is 0 Å². The first kappa shape index (κ1) is 13.8. The molecule has 0 aliphatic rings. The molecule has 19 heavy (non-hydrogen) atoms. The molecule has 2 aromatic rings. The van der Waals surface area contributed by atoms with Crippen molar-refractivity contribution in [2.45, 2.75) is 32.9 Å². The molecule has 4 nitrogen and oxygen atoms in total. The van der Waals surface area contributed by atoms with E-state index in [-0.39, 0.29) is 17.9 Å². The number of nitrogens with one attached hydrogen (secondary N) is 1. The number of carbonyl (C=O) groups excluding carboxylic acids is 1. The predicted octanol–water partition coefficient (Wildman–Crippen LogP) is 2.33. The highest BCUT2D eigenvalue weighted by Gasteiger charge is 2.16. The van der Waals surface area contributed by atoms with Gasteiger partial charge in [-0.3, -0.25) is 9.48 Å². The van der Waals surface area contributed by atoms with Crippen molar-refractivity contribution in [1.29, 1.82) is 0 Å². The molecular formula is C14H19N3OS. The molecule has 0 bridgehead atoms. The largest absolute Gasteiger partial charge is 0.353 e. The Morgan fingerprint density at radius 3 is 2.95 bits per heavy atom. The minimum absolute atomic E-state index is 0.0781. The summed E-state index contributed by atoms with van der Waals surface area (Å²) in [6.45, 7) is 4.58. The average molecular weight is 277 g/mol. The van der Waals surface area contributed by atoms with Crippen LogP contribution in [0.4, 0.5) is 0 Å². The third kappa shape index (κ3) is 4.21. The maximum absolute atomic E-state index is 12.1. The summed E-state index contributed by atoms with van der Waals surface area (Å²) in [4.78, 5) is 13.4. The standard InChI is InChI=1S/C14H19N3OS/c1-11(10-17-7-4-6-15-17)14(18)16-12(2)9-13-5-3-8-19-13/h3-8,11-12H,9-10H2,1-2H3,(H,16,18)/t11-,12-/m1/s1. The molecule has 0 radical (unpaired) electrons. The summed E-state index contributed by atoms with van der Waals surface area (Å²) < 4.78 is 1.79. The number of nitrogens with zero attached hydrogens (tertiary/aromatic N) is 2. The van der Waals surface area contributed by atoms with Crippen LogP contribution in [-0.2, 0) is 17.8 Å². The maximum Gasteiger partial charge on any atom is 0.224 e. The molecule has 0 spiro atoms. The fourth-order valence-electron chi connectivity index (χ4n) is 1.94. The van der Waals surface area contributed by atoms with E-state index < -0.39 is 0 Å². The number of hydrogen-bond donors (Lipinski definition) is 1. The lowest BCUT2D eigenvalue weighted by molar-refractivity contribution is -0.125. The third-order valence-electron chi connectivity index (χ3n) is 2.94. The first-order chi connectivity index (χ1) is 9.15. The van der Waals surface area contributed by atoms with Crippen LogP contribution >= 0.6 is 11.3 Å². The van der Waals surface area contributed by atoms with Crippen molar-refractivity contribution in [3.8, 4) is 0 Å². The van der Waals surface area contributed by atoms with Crippen molar-refractivity contribution in [3.05, 3.63) is 40.8 Å². The molecule has 0 saturated carbocycles. The summed E-state index contributed by atoms with van der Waals surface area (Å²) in [7, 11) is 0. The fraction of sp³-hybridized carbons (Fsp3) is 0.429. The number of rotatable bonds is 6. The Morgan fingerprint density at radius 1 is 1.47 bits per heavy atom. The Kier molecular flexibility index (Phi) is 4.74. The van der Waals surface area contributed by atoms with E-state index in [0.29, 0.717) is 6.54 Å². The SMILES string of the molecule is C[C@H](Cc1cccs1)NC(=O)[C@H](C)Cn1cccn1. The molecule has 0 aromatic carbocycles. The highest BCUT2D eigenvalue weighted by molar-refractivity contribution is 7.09. The van der Waals surface area contributed by atoms with Gasteiger partial charge in [0.1, 0.15) is 0 Å². The van der Waals surface area contributed by atoms with Crippen molar-refractivity contribution >= 4 is 17.2 Å². The van der Waals surface area contributed by atoms with E-state index in [1.165, 1.54) is 4.88 Å². The van der Waals surface area contributed by atoms with Gasteiger partial charge in [-0.25, -0.2) is 0 Å². The molecule has 0 saturated heterocycles. The zero-order valence-electron chi connectivity index (χ0n) is 11.2. The Bertz CT molecular complexity index is 493. The fourth-order valence-corrected chi connectivity index (χ4v) is 2.77. The van der Waals surface area contributed by atoms with Gasteiger partial charge in [0, 0.05) is 29.7 Å². The highest BCUT2D eigenvalue weighted by atomic mass is 32.1. The van der Waals surface area contributed by atoms with Crippen LogP contribution in [0.25, 0.3) is 0 Å². The Balaban J connectivity index is 1.79. The number of thiophene rings is 1. The number of carbonyl (C=O) groups is 1. The van der Waals surface area contributed by atoms with Crippen molar-refractivity contribution in [1.82, 2.24) is 15.1 Å². The maximum atomic E-state index is 12.1. The second-order valence-electron chi connectivity index (χ2n) is 4.82. The Hall–Kier alpha value is -1.62. The normalized spacial score (nSPS) is 14.0. The molecule has 5 heteroatoms. The zero-order chi connectivity index (χ0) is 13.7. The van der Waals surface area contributed by atoms with Gasteiger partial charge in [-0.15, -0.1) is 11.3 Å². The third-order valence-corrected chi connectivity index (χ3v) is 3.84. The van der Waals surface area contributed by atoms with Gasteiger partial charge in [-0.1, -0.05) is 13.0 Å². The highest BCUT2D eigenvalue weighted by Crippen LogP contribution is 2.11. The molecule has 0 unspecified atom stereocenters. The second-order valence-corrected chi connectivity index (χ2v) is 5.85. The summed E-state index contributed by atoms with van der Waals surface area (Å²) in [5.41, 5.74) is 0. The van der Waals surface area contributed by atoms with Crippen LogP contribution in [-0.4, -0.2) is 21.7 Å². The molecule has 0 fully saturated rings. The van der Waals surface area contributed by atoms with Gasteiger partial charge < -0.3 is 5.32 Å². The van der Waals surface area contributed by atoms with Crippen LogP contribution in [0.3, 0.4) is 0 Å².